The fourth-order valence-electron chi connectivity index (χ4n) is 1.53. The Balaban J connectivity index is 2.44. The first kappa shape index (κ1) is 12.5. The van der Waals surface area contributed by atoms with Crippen molar-refractivity contribution >= 4 is 23.1 Å². The number of benzene rings is 2. The minimum Gasteiger partial charge on any atom is -0.398 e. The van der Waals surface area contributed by atoms with Crippen molar-refractivity contribution in [2.75, 3.05) is 5.73 Å². The van der Waals surface area contributed by atoms with Crippen LogP contribution in [0.4, 0.5) is 14.5 Å². The molecule has 0 unspecified atom stereocenters. The van der Waals surface area contributed by atoms with E-state index in [0.717, 1.165) is 12.1 Å². The van der Waals surface area contributed by atoms with Crippen LogP contribution < -0.4 is 5.73 Å². The predicted molar refractivity (Wildman–Crippen MR) is 65.7 cm³/mol. The van der Waals surface area contributed by atoms with E-state index in [0.29, 0.717) is 5.02 Å². The number of halogens is 3. The smallest absolute Gasteiger partial charge is 0.195 e. The number of anilines is 1. The highest BCUT2D eigenvalue weighted by Gasteiger charge is 2.14. The summed E-state index contributed by atoms with van der Waals surface area (Å²) < 4.78 is 25.8. The van der Waals surface area contributed by atoms with Crippen molar-refractivity contribution in [2.45, 2.75) is 0 Å². The van der Waals surface area contributed by atoms with Gasteiger partial charge in [-0.05, 0) is 36.4 Å². The molecule has 0 amide bonds. The third-order valence-electron chi connectivity index (χ3n) is 2.44. The second kappa shape index (κ2) is 4.74. The van der Waals surface area contributed by atoms with Crippen LogP contribution in [0.1, 0.15) is 15.9 Å². The summed E-state index contributed by atoms with van der Waals surface area (Å²) in [6, 6.07) is 7.32. The molecule has 0 saturated carbocycles. The molecule has 2 rings (SSSR count). The quantitative estimate of drug-likeness (QED) is 0.669. The first-order valence-corrected chi connectivity index (χ1v) is 5.41. The van der Waals surface area contributed by atoms with E-state index in [4.69, 9.17) is 17.3 Å². The maximum atomic E-state index is 13.0. The van der Waals surface area contributed by atoms with Crippen LogP contribution in [-0.2, 0) is 0 Å². The van der Waals surface area contributed by atoms with Crippen LogP contribution in [0.15, 0.2) is 36.4 Å². The number of nitrogens with two attached hydrogens (primary N) is 1. The van der Waals surface area contributed by atoms with Gasteiger partial charge in [0.15, 0.2) is 17.4 Å². The molecule has 0 aliphatic heterocycles. The maximum absolute atomic E-state index is 13.0. The molecule has 2 N–H and O–H groups in total. The van der Waals surface area contributed by atoms with Crippen LogP contribution >= 0.6 is 11.6 Å². The SMILES string of the molecule is Nc1cc(Cl)ccc1C(=O)c1ccc(F)c(F)c1. The molecule has 0 bridgehead atoms. The Hall–Kier alpha value is -1.94. The normalized spacial score (nSPS) is 10.4. The highest BCUT2D eigenvalue weighted by atomic mass is 35.5. The highest BCUT2D eigenvalue weighted by molar-refractivity contribution is 6.31. The van der Waals surface area contributed by atoms with E-state index in [1.807, 2.05) is 0 Å². The van der Waals surface area contributed by atoms with Crippen LogP contribution in [0.3, 0.4) is 0 Å². The molecule has 0 aliphatic rings. The molecular formula is C13H8ClF2NO. The molecule has 0 spiro atoms. The number of rotatable bonds is 2. The molecule has 0 fully saturated rings. The monoisotopic (exact) mass is 267 g/mol. The van der Waals surface area contributed by atoms with Gasteiger partial charge in [-0.3, -0.25) is 4.79 Å². The maximum Gasteiger partial charge on any atom is 0.195 e. The van der Waals surface area contributed by atoms with E-state index in [2.05, 4.69) is 0 Å². The summed E-state index contributed by atoms with van der Waals surface area (Å²) in [4.78, 5) is 12.0. The second-order valence-corrected chi connectivity index (χ2v) is 4.13. The van der Waals surface area contributed by atoms with Crippen LogP contribution in [-0.4, -0.2) is 5.78 Å². The van der Waals surface area contributed by atoms with Crippen LogP contribution in [0.25, 0.3) is 0 Å². The van der Waals surface area contributed by atoms with Crippen molar-refractivity contribution in [3.05, 3.63) is 64.2 Å². The first-order valence-electron chi connectivity index (χ1n) is 5.04. The van der Waals surface area contributed by atoms with E-state index in [1.54, 1.807) is 0 Å². The van der Waals surface area contributed by atoms with Gasteiger partial charge in [-0.25, -0.2) is 8.78 Å². The fraction of sp³-hybridized carbons (Fsp3) is 0. The van der Waals surface area contributed by atoms with Crippen LogP contribution in [0.2, 0.25) is 5.02 Å². The lowest BCUT2D eigenvalue weighted by Gasteiger charge is -2.05. The Morgan fingerprint density at radius 1 is 1.06 bits per heavy atom. The van der Waals surface area contributed by atoms with Crippen molar-refractivity contribution in [1.29, 1.82) is 0 Å². The van der Waals surface area contributed by atoms with Gasteiger partial charge in [-0.2, -0.15) is 0 Å². The molecule has 0 atom stereocenters. The van der Waals surface area contributed by atoms with Gasteiger partial charge >= 0.3 is 0 Å². The number of hydrogen-bond acceptors (Lipinski definition) is 2. The van der Waals surface area contributed by atoms with Crippen molar-refractivity contribution in [1.82, 2.24) is 0 Å². The number of nitrogen functional groups attached to an aromatic ring is 1. The minimum absolute atomic E-state index is 0.0305. The third kappa shape index (κ3) is 2.33. The largest absolute Gasteiger partial charge is 0.398 e. The summed E-state index contributed by atoms with van der Waals surface area (Å²) in [5.74, 6) is -2.56. The van der Waals surface area contributed by atoms with E-state index in [9.17, 15) is 13.6 Å². The molecular weight excluding hydrogens is 260 g/mol. The molecule has 0 radical (unpaired) electrons. The topological polar surface area (TPSA) is 43.1 Å². The lowest BCUT2D eigenvalue weighted by Crippen LogP contribution is -2.06. The van der Waals surface area contributed by atoms with Gasteiger partial charge in [0.1, 0.15) is 0 Å². The lowest BCUT2D eigenvalue weighted by molar-refractivity contribution is 0.103. The van der Waals surface area contributed by atoms with E-state index >= 15 is 0 Å². The van der Waals surface area contributed by atoms with Crippen molar-refractivity contribution in [2.24, 2.45) is 0 Å². The molecule has 0 aromatic heterocycles. The lowest BCUT2D eigenvalue weighted by atomic mass is 10.0. The Bertz CT molecular complexity index is 628. The number of ketones is 1. The van der Waals surface area contributed by atoms with E-state index < -0.39 is 17.4 Å². The molecule has 2 aromatic carbocycles. The summed E-state index contributed by atoms with van der Waals surface area (Å²) in [5, 5.41) is 0.398. The van der Waals surface area contributed by atoms with Gasteiger partial charge in [0.2, 0.25) is 0 Å². The molecule has 5 heteroatoms. The Morgan fingerprint density at radius 2 is 1.78 bits per heavy atom. The Labute approximate surface area is 107 Å². The number of carbonyl (C=O) groups is 1. The highest BCUT2D eigenvalue weighted by Crippen LogP contribution is 2.21. The van der Waals surface area contributed by atoms with Gasteiger partial charge in [0.05, 0.1) is 0 Å². The third-order valence-corrected chi connectivity index (χ3v) is 2.68. The molecule has 0 heterocycles. The summed E-state index contributed by atoms with van der Waals surface area (Å²) in [6.07, 6.45) is 0. The zero-order valence-corrected chi connectivity index (χ0v) is 9.84. The Kier molecular flexibility index (Phi) is 3.30. The summed E-state index contributed by atoms with van der Waals surface area (Å²) in [5.41, 5.74) is 6.08. The van der Waals surface area contributed by atoms with Gasteiger partial charge in [0.25, 0.3) is 0 Å². The standard InChI is InChI=1S/C13H8ClF2NO/c14-8-2-3-9(12(17)6-8)13(18)7-1-4-10(15)11(16)5-7/h1-6H,17H2. The molecule has 18 heavy (non-hydrogen) atoms. The number of carbonyl (C=O) groups excluding carboxylic acids is 1. The second-order valence-electron chi connectivity index (χ2n) is 3.69. The van der Waals surface area contributed by atoms with Gasteiger partial charge in [0, 0.05) is 21.8 Å². The zero-order valence-electron chi connectivity index (χ0n) is 9.08. The molecule has 2 nitrogen and oxygen atoms in total. The van der Waals surface area contributed by atoms with E-state index in [-0.39, 0.29) is 16.8 Å². The molecule has 2 aromatic rings. The molecule has 0 aliphatic carbocycles. The van der Waals surface area contributed by atoms with Crippen LogP contribution in [0.5, 0.6) is 0 Å². The predicted octanol–water partition coefficient (Wildman–Crippen LogP) is 3.43. The minimum atomic E-state index is -1.08. The van der Waals surface area contributed by atoms with Gasteiger partial charge in [-0.15, -0.1) is 0 Å². The van der Waals surface area contributed by atoms with Gasteiger partial charge < -0.3 is 5.73 Å². The molecule has 0 saturated heterocycles. The average Bonchev–Trinajstić information content (AvgIpc) is 2.32. The summed E-state index contributed by atoms with van der Waals surface area (Å²) in [7, 11) is 0. The average molecular weight is 268 g/mol. The number of hydrogen-bond donors (Lipinski definition) is 1. The van der Waals surface area contributed by atoms with Crippen molar-refractivity contribution in [3.63, 3.8) is 0 Å². The molecule has 92 valence electrons. The van der Waals surface area contributed by atoms with Gasteiger partial charge in [-0.1, -0.05) is 11.6 Å². The summed E-state index contributed by atoms with van der Waals surface area (Å²) >= 11 is 5.71. The van der Waals surface area contributed by atoms with Crippen molar-refractivity contribution in [3.8, 4) is 0 Å². The Morgan fingerprint density at radius 3 is 2.39 bits per heavy atom. The van der Waals surface area contributed by atoms with Crippen LogP contribution in [0, 0.1) is 11.6 Å². The van der Waals surface area contributed by atoms with E-state index in [1.165, 1.54) is 24.3 Å². The zero-order chi connectivity index (χ0) is 13.3. The first-order chi connectivity index (χ1) is 8.49. The van der Waals surface area contributed by atoms with Crippen molar-refractivity contribution < 1.29 is 13.6 Å². The summed E-state index contributed by atoms with van der Waals surface area (Å²) in [6.45, 7) is 0. The fourth-order valence-corrected chi connectivity index (χ4v) is 1.71.